The maximum absolute atomic E-state index is 5.77. The van der Waals surface area contributed by atoms with E-state index in [1.165, 1.54) is 24.0 Å². The molecule has 27 heavy (non-hydrogen) atoms. The van der Waals surface area contributed by atoms with Crippen molar-refractivity contribution in [2.24, 2.45) is 0 Å². The fraction of sp³-hybridized carbons (Fsp3) is 0.318. The smallest absolute Gasteiger partial charge is 0.161 e. The lowest BCUT2D eigenvalue weighted by atomic mass is 10.0. The number of nitrogens with zero attached hydrogens (tertiary/aromatic N) is 3. The van der Waals surface area contributed by atoms with Crippen molar-refractivity contribution in [3.8, 4) is 17.2 Å². The molecule has 0 N–H and O–H groups in total. The molecule has 138 valence electrons. The van der Waals surface area contributed by atoms with Crippen molar-refractivity contribution >= 4 is 0 Å². The molecular weight excluding hydrogens is 338 g/mol. The maximum atomic E-state index is 5.77. The van der Waals surface area contributed by atoms with Crippen molar-refractivity contribution in [1.29, 1.82) is 0 Å². The molecule has 5 heteroatoms. The van der Waals surface area contributed by atoms with Crippen molar-refractivity contribution in [2.75, 3.05) is 19.8 Å². The third kappa shape index (κ3) is 3.30. The van der Waals surface area contributed by atoms with E-state index in [1.54, 1.807) is 0 Å². The summed E-state index contributed by atoms with van der Waals surface area (Å²) in [5.74, 6) is 1.74. The molecule has 0 amide bonds. The van der Waals surface area contributed by atoms with E-state index in [2.05, 4.69) is 40.5 Å². The van der Waals surface area contributed by atoms with Gasteiger partial charge < -0.3 is 9.47 Å². The third-order valence-electron chi connectivity index (χ3n) is 5.36. The second-order valence-corrected chi connectivity index (χ2v) is 7.16. The number of rotatable bonds is 4. The minimum absolute atomic E-state index is 0.418. The van der Waals surface area contributed by atoms with Gasteiger partial charge in [-0.3, -0.25) is 4.90 Å². The highest BCUT2D eigenvalue weighted by Gasteiger charge is 2.27. The second kappa shape index (κ2) is 7.08. The minimum Gasteiger partial charge on any atom is -0.486 e. The minimum atomic E-state index is 0.418. The highest BCUT2D eigenvalue weighted by Crippen LogP contribution is 2.38. The average Bonchev–Trinajstić information content (AvgIpc) is 3.38. The Hall–Kier alpha value is -2.79. The van der Waals surface area contributed by atoms with Gasteiger partial charge in [-0.25, -0.2) is 4.68 Å². The number of hydrogen-bond donors (Lipinski definition) is 0. The van der Waals surface area contributed by atoms with Gasteiger partial charge in [0.25, 0.3) is 0 Å². The quantitative estimate of drug-likeness (QED) is 0.705. The molecule has 1 aromatic heterocycles. The zero-order valence-corrected chi connectivity index (χ0v) is 15.3. The molecule has 1 fully saturated rings. The predicted molar refractivity (Wildman–Crippen MR) is 103 cm³/mol. The van der Waals surface area contributed by atoms with Gasteiger partial charge in [0, 0.05) is 24.3 Å². The number of ether oxygens (including phenoxy) is 2. The summed E-state index contributed by atoms with van der Waals surface area (Å²) in [4.78, 5) is 2.54. The first-order chi connectivity index (χ1) is 13.4. The van der Waals surface area contributed by atoms with Gasteiger partial charge in [0.1, 0.15) is 13.2 Å². The fourth-order valence-electron chi connectivity index (χ4n) is 4.06. The molecule has 5 nitrogen and oxygen atoms in total. The molecule has 3 heterocycles. The van der Waals surface area contributed by atoms with Crippen molar-refractivity contribution in [1.82, 2.24) is 14.7 Å². The first-order valence-electron chi connectivity index (χ1n) is 9.59. The van der Waals surface area contributed by atoms with Crippen molar-refractivity contribution in [3.05, 3.63) is 72.1 Å². The van der Waals surface area contributed by atoms with Gasteiger partial charge in [0.2, 0.25) is 0 Å². The molecule has 0 unspecified atom stereocenters. The normalized spacial score (nSPS) is 19.3. The standard InChI is InChI=1S/C22H23N3O2/c1-2-5-19(6-3-1)25-16-17(14-23-25)15-24-10-4-7-20(24)18-8-9-21-22(13-18)27-12-11-26-21/h1-3,5-6,8-9,13-14,16,20H,4,7,10-12,15H2/t20-/m1/s1. The number of likely N-dealkylation sites (tertiary alicyclic amines) is 1. The molecule has 1 atom stereocenters. The molecule has 1 saturated heterocycles. The van der Waals surface area contributed by atoms with Crippen LogP contribution in [0, 0.1) is 0 Å². The van der Waals surface area contributed by atoms with Crippen LogP contribution in [0.15, 0.2) is 60.9 Å². The van der Waals surface area contributed by atoms with E-state index in [1.807, 2.05) is 35.1 Å². The van der Waals surface area contributed by atoms with Gasteiger partial charge >= 0.3 is 0 Å². The molecule has 0 radical (unpaired) electrons. The largest absolute Gasteiger partial charge is 0.486 e. The number of fused-ring (bicyclic) bond motifs is 1. The zero-order valence-electron chi connectivity index (χ0n) is 15.3. The molecule has 0 spiro atoms. The first-order valence-corrected chi connectivity index (χ1v) is 9.59. The third-order valence-corrected chi connectivity index (χ3v) is 5.36. The summed E-state index contributed by atoms with van der Waals surface area (Å²) >= 11 is 0. The number of aromatic nitrogens is 2. The summed E-state index contributed by atoms with van der Waals surface area (Å²) in [5, 5.41) is 4.54. The van der Waals surface area contributed by atoms with Crippen LogP contribution in [-0.2, 0) is 6.54 Å². The summed E-state index contributed by atoms with van der Waals surface area (Å²) in [7, 11) is 0. The summed E-state index contributed by atoms with van der Waals surface area (Å²) in [6.07, 6.45) is 6.50. The summed E-state index contributed by atoms with van der Waals surface area (Å²) in [6.45, 7) is 3.28. The maximum Gasteiger partial charge on any atom is 0.161 e. The summed E-state index contributed by atoms with van der Waals surface area (Å²) in [5.41, 5.74) is 3.64. The highest BCUT2D eigenvalue weighted by atomic mass is 16.6. The van der Waals surface area contributed by atoms with E-state index in [-0.39, 0.29) is 0 Å². The van der Waals surface area contributed by atoms with Crippen LogP contribution >= 0.6 is 0 Å². The second-order valence-electron chi connectivity index (χ2n) is 7.16. The van der Waals surface area contributed by atoms with Crippen LogP contribution < -0.4 is 9.47 Å². The lowest BCUT2D eigenvalue weighted by Crippen LogP contribution is -2.23. The van der Waals surface area contributed by atoms with Crippen molar-refractivity contribution in [2.45, 2.75) is 25.4 Å². The van der Waals surface area contributed by atoms with Crippen LogP contribution in [0.5, 0.6) is 11.5 Å². The molecule has 2 aliphatic heterocycles. The average molecular weight is 361 g/mol. The van der Waals surface area contributed by atoms with Gasteiger partial charge in [0.15, 0.2) is 11.5 Å². The number of benzene rings is 2. The van der Waals surface area contributed by atoms with Crippen LogP contribution in [0.25, 0.3) is 5.69 Å². The van der Waals surface area contributed by atoms with Crippen LogP contribution in [0.2, 0.25) is 0 Å². The van der Waals surface area contributed by atoms with E-state index in [4.69, 9.17) is 9.47 Å². The van der Waals surface area contributed by atoms with E-state index in [9.17, 15) is 0 Å². The van der Waals surface area contributed by atoms with Gasteiger partial charge in [-0.2, -0.15) is 5.10 Å². The molecule has 5 rings (SSSR count). The fourth-order valence-corrected chi connectivity index (χ4v) is 4.06. The Morgan fingerprint density at radius 2 is 1.85 bits per heavy atom. The predicted octanol–water partition coefficient (Wildman–Crippen LogP) is 3.98. The lowest BCUT2D eigenvalue weighted by molar-refractivity contribution is 0.170. The van der Waals surface area contributed by atoms with E-state index in [0.29, 0.717) is 19.3 Å². The number of para-hydroxylation sites is 1. The Balaban J connectivity index is 1.34. The lowest BCUT2D eigenvalue weighted by Gasteiger charge is -2.26. The zero-order chi connectivity index (χ0) is 18.1. The van der Waals surface area contributed by atoms with Crippen molar-refractivity contribution < 1.29 is 9.47 Å². The first kappa shape index (κ1) is 16.4. The molecule has 0 aliphatic carbocycles. The van der Waals surface area contributed by atoms with E-state index in [0.717, 1.165) is 30.3 Å². The monoisotopic (exact) mass is 361 g/mol. The molecule has 0 bridgehead atoms. The summed E-state index contributed by atoms with van der Waals surface area (Å²) in [6, 6.07) is 17.1. The van der Waals surface area contributed by atoms with Gasteiger partial charge in [-0.15, -0.1) is 0 Å². The Morgan fingerprint density at radius 3 is 2.74 bits per heavy atom. The Morgan fingerprint density at radius 1 is 1.00 bits per heavy atom. The topological polar surface area (TPSA) is 39.5 Å². The molecular formula is C22H23N3O2. The molecule has 2 aromatic carbocycles. The summed E-state index contributed by atoms with van der Waals surface area (Å²) < 4.78 is 13.4. The van der Waals surface area contributed by atoms with Crippen LogP contribution in [0.3, 0.4) is 0 Å². The van der Waals surface area contributed by atoms with Gasteiger partial charge in [0.05, 0.1) is 11.9 Å². The van der Waals surface area contributed by atoms with Gasteiger partial charge in [-0.1, -0.05) is 24.3 Å². The van der Waals surface area contributed by atoms with Gasteiger partial charge in [-0.05, 0) is 49.2 Å². The Labute approximate surface area is 159 Å². The highest BCUT2D eigenvalue weighted by molar-refractivity contribution is 5.45. The van der Waals surface area contributed by atoms with E-state index < -0.39 is 0 Å². The van der Waals surface area contributed by atoms with Crippen molar-refractivity contribution in [3.63, 3.8) is 0 Å². The molecule has 2 aliphatic rings. The van der Waals surface area contributed by atoms with E-state index >= 15 is 0 Å². The SMILES string of the molecule is c1ccc(-n2cc(CN3CCC[C@@H]3c3ccc4c(c3)OCCO4)cn2)cc1. The van der Waals surface area contributed by atoms with Crippen LogP contribution in [-0.4, -0.2) is 34.4 Å². The Bertz CT molecular complexity index is 922. The number of hydrogen-bond acceptors (Lipinski definition) is 4. The Kier molecular flexibility index (Phi) is 4.30. The van der Waals surface area contributed by atoms with Crippen LogP contribution in [0.4, 0.5) is 0 Å². The van der Waals surface area contributed by atoms with Crippen LogP contribution in [0.1, 0.15) is 30.0 Å². The molecule has 3 aromatic rings. The molecule has 0 saturated carbocycles.